The van der Waals surface area contributed by atoms with Crippen molar-refractivity contribution in [1.82, 2.24) is 4.90 Å². The lowest BCUT2D eigenvalue weighted by molar-refractivity contribution is 0.125. The van der Waals surface area contributed by atoms with Crippen LogP contribution in [0.3, 0.4) is 0 Å². The molecule has 1 aromatic heterocycles. The number of ether oxygens (including phenoxy) is 1. The standard InChI is InChI=1S/C16H24N2O2/c1-4-18(9-10-19-3)14(11-17)16-12(2)20-15-8-6-5-7-13(15)16/h5-8,14H,4,9-11,17H2,1-3H3. The van der Waals surface area contributed by atoms with Crippen molar-refractivity contribution in [3.05, 3.63) is 35.6 Å². The number of hydrogen-bond donors (Lipinski definition) is 1. The molecular weight excluding hydrogens is 252 g/mol. The summed E-state index contributed by atoms with van der Waals surface area (Å²) < 4.78 is 11.1. The Labute approximate surface area is 120 Å². The van der Waals surface area contributed by atoms with Crippen LogP contribution < -0.4 is 5.73 Å². The van der Waals surface area contributed by atoms with E-state index in [9.17, 15) is 0 Å². The van der Waals surface area contributed by atoms with Crippen molar-refractivity contribution in [1.29, 1.82) is 0 Å². The largest absolute Gasteiger partial charge is 0.461 e. The molecule has 1 atom stereocenters. The van der Waals surface area contributed by atoms with Gasteiger partial charge in [0, 0.05) is 31.1 Å². The van der Waals surface area contributed by atoms with Gasteiger partial charge in [-0.1, -0.05) is 25.1 Å². The molecule has 4 heteroatoms. The number of methoxy groups -OCH3 is 1. The Kier molecular flexibility index (Phi) is 5.17. The minimum absolute atomic E-state index is 0.166. The molecule has 110 valence electrons. The van der Waals surface area contributed by atoms with Gasteiger partial charge in [0.05, 0.1) is 12.6 Å². The third kappa shape index (κ3) is 2.87. The van der Waals surface area contributed by atoms with E-state index in [1.807, 2.05) is 25.1 Å². The molecule has 0 spiro atoms. The van der Waals surface area contributed by atoms with E-state index in [1.54, 1.807) is 7.11 Å². The Morgan fingerprint density at radius 1 is 1.35 bits per heavy atom. The first kappa shape index (κ1) is 15.0. The quantitative estimate of drug-likeness (QED) is 0.845. The molecule has 0 amide bonds. The van der Waals surface area contributed by atoms with Crippen LogP contribution in [0.15, 0.2) is 28.7 Å². The summed E-state index contributed by atoms with van der Waals surface area (Å²) >= 11 is 0. The molecule has 0 aliphatic carbocycles. The molecule has 2 N–H and O–H groups in total. The van der Waals surface area contributed by atoms with Crippen molar-refractivity contribution in [2.75, 3.05) is 33.4 Å². The number of aryl methyl sites for hydroxylation is 1. The van der Waals surface area contributed by atoms with Gasteiger partial charge in [-0.15, -0.1) is 0 Å². The first-order chi connectivity index (χ1) is 9.72. The summed E-state index contributed by atoms with van der Waals surface area (Å²) in [7, 11) is 1.73. The molecular formula is C16H24N2O2. The minimum Gasteiger partial charge on any atom is -0.461 e. The highest BCUT2D eigenvalue weighted by molar-refractivity contribution is 5.82. The highest BCUT2D eigenvalue weighted by atomic mass is 16.5. The van der Waals surface area contributed by atoms with E-state index in [0.29, 0.717) is 13.2 Å². The van der Waals surface area contributed by atoms with Crippen LogP contribution >= 0.6 is 0 Å². The van der Waals surface area contributed by atoms with Crippen LogP contribution in [-0.4, -0.2) is 38.3 Å². The molecule has 0 saturated carbocycles. The van der Waals surface area contributed by atoms with Gasteiger partial charge in [-0.3, -0.25) is 4.90 Å². The van der Waals surface area contributed by atoms with Crippen LogP contribution in [0.2, 0.25) is 0 Å². The first-order valence-electron chi connectivity index (χ1n) is 7.14. The number of nitrogens with two attached hydrogens (primary N) is 1. The maximum Gasteiger partial charge on any atom is 0.134 e. The molecule has 0 aliphatic rings. The van der Waals surface area contributed by atoms with E-state index in [-0.39, 0.29) is 6.04 Å². The lowest BCUT2D eigenvalue weighted by Crippen LogP contribution is -2.36. The Hall–Kier alpha value is -1.36. The smallest absolute Gasteiger partial charge is 0.134 e. The number of para-hydroxylation sites is 1. The monoisotopic (exact) mass is 276 g/mol. The maximum absolute atomic E-state index is 6.05. The van der Waals surface area contributed by atoms with E-state index in [4.69, 9.17) is 14.9 Å². The second-order valence-electron chi connectivity index (χ2n) is 4.94. The average molecular weight is 276 g/mol. The molecule has 0 fully saturated rings. The van der Waals surface area contributed by atoms with Crippen molar-refractivity contribution in [3.63, 3.8) is 0 Å². The van der Waals surface area contributed by atoms with E-state index in [2.05, 4.69) is 17.9 Å². The number of nitrogens with zero attached hydrogens (tertiary/aromatic N) is 1. The van der Waals surface area contributed by atoms with Gasteiger partial charge in [0.15, 0.2) is 0 Å². The van der Waals surface area contributed by atoms with Gasteiger partial charge in [0.25, 0.3) is 0 Å². The number of rotatable bonds is 7. The number of fused-ring (bicyclic) bond motifs is 1. The van der Waals surface area contributed by atoms with Crippen molar-refractivity contribution in [2.45, 2.75) is 19.9 Å². The SMILES string of the molecule is CCN(CCOC)C(CN)c1c(C)oc2ccccc12. The Bertz CT molecular complexity index is 550. The van der Waals surface area contributed by atoms with Crippen molar-refractivity contribution in [2.24, 2.45) is 5.73 Å². The lowest BCUT2D eigenvalue weighted by Gasteiger charge is -2.29. The molecule has 2 aromatic rings. The van der Waals surface area contributed by atoms with Gasteiger partial charge >= 0.3 is 0 Å². The van der Waals surface area contributed by atoms with Crippen LogP contribution in [0.5, 0.6) is 0 Å². The second kappa shape index (κ2) is 6.88. The second-order valence-corrected chi connectivity index (χ2v) is 4.94. The molecule has 0 aliphatic heterocycles. The van der Waals surface area contributed by atoms with Gasteiger partial charge in [0.1, 0.15) is 11.3 Å². The summed E-state index contributed by atoms with van der Waals surface area (Å²) in [6.45, 7) is 7.25. The van der Waals surface area contributed by atoms with E-state index < -0.39 is 0 Å². The third-order valence-electron chi connectivity index (χ3n) is 3.81. The van der Waals surface area contributed by atoms with Crippen LogP contribution in [0.25, 0.3) is 11.0 Å². The van der Waals surface area contributed by atoms with Crippen LogP contribution in [0, 0.1) is 6.92 Å². The molecule has 1 unspecified atom stereocenters. The van der Waals surface area contributed by atoms with Gasteiger partial charge < -0.3 is 14.9 Å². The molecule has 1 heterocycles. The lowest BCUT2D eigenvalue weighted by atomic mass is 10.0. The van der Waals surface area contributed by atoms with Crippen molar-refractivity contribution >= 4 is 11.0 Å². The van der Waals surface area contributed by atoms with Gasteiger partial charge in [-0.25, -0.2) is 0 Å². The Morgan fingerprint density at radius 3 is 2.75 bits per heavy atom. The van der Waals surface area contributed by atoms with Gasteiger partial charge in [-0.2, -0.15) is 0 Å². The summed E-state index contributed by atoms with van der Waals surface area (Å²) in [4.78, 5) is 2.34. The zero-order valence-electron chi connectivity index (χ0n) is 12.6. The summed E-state index contributed by atoms with van der Waals surface area (Å²) in [5.74, 6) is 0.956. The molecule has 2 rings (SSSR count). The zero-order chi connectivity index (χ0) is 14.5. The van der Waals surface area contributed by atoms with Gasteiger partial charge in [-0.05, 0) is 19.5 Å². The van der Waals surface area contributed by atoms with Gasteiger partial charge in [0.2, 0.25) is 0 Å². The number of benzene rings is 1. The number of likely N-dealkylation sites (N-methyl/N-ethyl adjacent to an activating group) is 1. The average Bonchev–Trinajstić information content (AvgIpc) is 2.79. The fourth-order valence-electron chi connectivity index (χ4n) is 2.79. The highest BCUT2D eigenvalue weighted by Gasteiger charge is 2.24. The summed E-state index contributed by atoms with van der Waals surface area (Å²) in [5, 5.41) is 1.16. The Balaban J connectivity index is 2.40. The van der Waals surface area contributed by atoms with Crippen molar-refractivity contribution < 1.29 is 9.15 Å². The fourth-order valence-corrected chi connectivity index (χ4v) is 2.79. The summed E-state index contributed by atoms with van der Waals surface area (Å²) in [5.41, 5.74) is 8.19. The van der Waals surface area contributed by atoms with Crippen LogP contribution in [0.1, 0.15) is 24.3 Å². The maximum atomic E-state index is 6.05. The highest BCUT2D eigenvalue weighted by Crippen LogP contribution is 2.32. The third-order valence-corrected chi connectivity index (χ3v) is 3.81. The predicted molar refractivity (Wildman–Crippen MR) is 81.9 cm³/mol. The number of hydrogen-bond acceptors (Lipinski definition) is 4. The molecule has 1 aromatic carbocycles. The molecule has 0 radical (unpaired) electrons. The molecule has 4 nitrogen and oxygen atoms in total. The molecule has 0 saturated heterocycles. The predicted octanol–water partition coefficient (Wildman–Crippen LogP) is 2.71. The van der Waals surface area contributed by atoms with E-state index >= 15 is 0 Å². The van der Waals surface area contributed by atoms with Crippen LogP contribution in [-0.2, 0) is 4.74 Å². The Morgan fingerprint density at radius 2 is 2.10 bits per heavy atom. The van der Waals surface area contributed by atoms with E-state index in [1.165, 1.54) is 5.56 Å². The topological polar surface area (TPSA) is 51.6 Å². The van der Waals surface area contributed by atoms with Crippen LogP contribution in [0.4, 0.5) is 0 Å². The summed E-state index contributed by atoms with van der Waals surface area (Å²) in [6.07, 6.45) is 0. The molecule has 0 bridgehead atoms. The summed E-state index contributed by atoms with van der Waals surface area (Å²) in [6, 6.07) is 8.31. The van der Waals surface area contributed by atoms with E-state index in [0.717, 1.165) is 29.8 Å². The molecule has 20 heavy (non-hydrogen) atoms. The zero-order valence-corrected chi connectivity index (χ0v) is 12.6. The fraction of sp³-hybridized carbons (Fsp3) is 0.500. The first-order valence-corrected chi connectivity index (χ1v) is 7.14. The van der Waals surface area contributed by atoms with Crippen molar-refractivity contribution in [3.8, 4) is 0 Å². The normalized spacial score (nSPS) is 13.2. The number of furan rings is 1. The minimum atomic E-state index is 0.166.